The molecule has 0 amide bonds. The van der Waals surface area contributed by atoms with Crippen LogP contribution < -0.4 is 10.5 Å². The topological polar surface area (TPSA) is 72.2 Å². The van der Waals surface area contributed by atoms with Crippen molar-refractivity contribution in [3.8, 4) is 0 Å². The van der Waals surface area contributed by atoms with Crippen LogP contribution in [0.2, 0.25) is 0 Å². The zero-order valence-electron chi connectivity index (χ0n) is 10.5. The molecule has 0 saturated heterocycles. The smallest absolute Gasteiger partial charge is 0.240 e. The van der Waals surface area contributed by atoms with E-state index in [0.29, 0.717) is 4.90 Å². The molecule has 0 spiro atoms. The Morgan fingerprint density at radius 2 is 1.88 bits per heavy atom. The zero-order valence-corrected chi connectivity index (χ0v) is 11.3. The van der Waals surface area contributed by atoms with Crippen LogP contribution in [0.15, 0.2) is 29.2 Å². The van der Waals surface area contributed by atoms with Gasteiger partial charge < -0.3 is 5.73 Å². The fourth-order valence-corrected chi connectivity index (χ4v) is 2.69. The van der Waals surface area contributed by atoms with Crippen LogP contribution in [0.4, 0.5) is 0 Å². The van der Waals surface area contributed by atoms with Crippen molar-refractivity contribution < 1.29 is 8.42 Å². The minimum absolute atomic E-state index is 0.172. The predicted octanol–water partition coefficient (Wildman–Crippen LogP) is 1.26. The van der Waals surface area contributed by atoms with E-state index < -0.39 is 10.0 Å². The molecular weight excluding hydrogens is 236 g/mol. The maximum atomic E-state index is 12.0. The number of hydrogen-bond donors (Lipinski definition) is 2. The second kappa shape index (κ2) is 5.62. The van der Waals surface area contributed by atoms with Gasteiger partial charge in [-0.25, -0.2) is 13.1 Å². The molecule has 1 unspecified atom stereocenters. The van der Waals surface area contributed by atoms with Crippen LogP contribution in [-0.2, 0) is 10.0 Å². The van der Waals surface area contributed by atoms with Crippen molar-refractivity contribution in [2.45, 2.75) is 31.7 Å². The van der Waals surface area contributed by atoms with Crippen LogP contribution in [0, 0.1) is 12.8 Å². The monoisotopic (exact) mass is 256 g/mol. The number of nitrogens with one attached hydrogen (secondary N) is 1. The van der Waals surface area contributed by atoms with Gasteiger partial charge in [0.2, 0.25) is 10.0 Å². The third kappa shape index (κ3) is 3.80. The standard InChI is InChI=1S/C12H20N2O2S/c1-9(2)11(13)8-14-17(15,16)12-7-5-4-6-10(12)3/h4-7,9,11,14H,8,13H2,1-3H3. The minimum atomic E-state index is -3.45. The van der Waals surface area contributed by atoms with Crippen LogP contribution >= 0.6 is 0 Å². The summed E-state index contributed by atoms with van der Waals surface area (Å²) in [4.78, 5) is 0.316. The molecule has 96 valence electrons. The van der Waals surface area contributed by atoms with Crippen molar-refractivity contribution in [2.24, 2.45) is 11.7 Å². The molecule has 0 bridgehead atoms. The summed E-state index contributed by atoms with van der Waals surface area (Å²) >= 11 is 0. The van der Waals surface area contributed by atoms with Gasteiger partial charge in [-0.3, -0.25) is 0 Å². The Morgan fingerprint density at radius 1 is 1.29 bits per heavy atom. The molecule has 17 heavy (non-hydrogen) atoms. The lowest BCUT2D eigenvalue weighted by Crippen LogP contribution is -2.40. The molecule has 1 aromatic carbocycles. The molecular formula is C12H20N2O2S. The summed E-state index contributed by atoms with van der Waals surface area (Å²) in [6.45, 7) is 5.96. The Bertz CT molecular complexity index is 469. The van der Waals surface area contributed by atoms with E-state index in [1.807, 2.05) is 19.9 Å². The van der Waals surface area contributed by atoms with Gasteiger partial charge in [0.05, 0.1) is 4.90 Å². The van der Waals surface area contributed by atoms with Gasteiger partial charge in [-0.15, -0.1) is 0 Å². The largest absolute Gasteiger partial charge is 0.326 e. The first kappa shape index (κ1) is 14.2. The average molecular weight is 256 g/mol. The first-order valence-electron chi connectivity index (χ1n) is 5.65. The molecule has 0 saturated carbocycles. The number of sulfonamides is 1. The highest BCUT2D eigenvalue weighted by Gasteiger charge is 2.18. The molecule has 0 aromatic heterocycles. The molecule has 1 rings (SSSR count). The lowest BCUT2D eigenvalue weighted by molar-refractivity contribution is 0.481. The molecule has 0 heterocycles. The third-order valence-corrected chi connectivity index (χ3v) is 4.33. The van der Waals surface area contributed by atoms with Gasteiger partial charge >= 0.3 is 0 Å². The number of rotatable bonds is 5. The number of hydrogen-bond acceptors (Lipinski definition) is 3. The van der Waals surface area contributed by atoms with E-state index in [1.165, 1.54) is 0 Å². The lowest BCUT2D eigenvalue weighted by atomic mass is 10.1. The lowest BCUT2D eigenvalue weighted by Gasteiger charge is -2.16. The summed E-state index contributed by atoms with van der Waals surface area (Å²) in [5.74, 6) is 0.245. The maximum Gasteiger partial charge on any atom is 0.240 e. The highest BCUT2D eigenvalue weighted by Crippen LogP contribution is 2.13. The van der Waals surface area contributed by atoms with Gasteiger partial charge in [0.25, 0.3) is 0 Å². The van der Waals surface area contributed by atoms with E-state index in [4.69, 9.17) is 5.73 Å². The highest BCUT2D eigenvalue weighted by atomic mass is 32.2. The summed E-state index contributed by atoms with van der Waals surface area (Å²) in [6.07, 6.45) is 0. The molecule has 0 aliphatic rings. The summed E-state index contributed by atoms with van der Waals surface area (Å²) in [7, 11) is -3.45. The highest BCUT2D eigenvalue weighted by molar-refractivity contribution is 7.89. The molecule has 3 N–H and O–H groups in total. The summed E-state index contributed by atoms with van der Waals surface area (Å²) < 4.78 is 26.6. The summed E-state index contributed by atoms with van der Waals surface area (Å²) in [5, 5.41) is 0. The van der Waals surface area contributed by atoms with Crippen molar-refractivity contribution >= 4 is 10.0 Å². The van der Waals surface area contributed by atoms with Gasteiger partial charge in [0.15, 0.2) is 0 Å². The quantitative estimate of drug-likeness (QED) is 0.833. The second-order valence-corrected chi connectivity index (χ2v) is 6.26. The van der Waals surface area contributed by atoms with E-state index in [0.717, 1.165) is 5.56 Å². The van der Waals surface area contributed by atoms with Crippen molar-refractivity contribution in [3.05, 3.63) is 29.8 Å². The molecule has 5 heteroatoms. The molecule has 0 aliphatic carbocycles. The second-order valence-electron chi connectivity index (χ2n) is 4.53. The average Bonchev–Trinajstić information content (AvgIpc) is 2.26. The van der Waals surface area contributed by atoms with E-state index in [9.17, 15) is 8.42 Å². The van der Waals surface area contributed by atoms with Crippen LogP contribution in [0.1, 0.15) is 19.4 Å². The number of nitrogens with two attached hydrogens (primary N) is 1. The molecule has 0 fully saturated rings. The Balaban J connectivity index is 2.80. The molecule has 1 aromatic rings. The van der Waals surface area contributed by atoms with Crippen LogP contribution in [0.3, 0.4) is 0 Å². The van der Waals surface area contributed by atoms with E-state index in [1.54, 1.807) is 25.1 Å². The van der Waals surface area contributed by atoms with Crippen molar-refractivity contribution in [3.63, 3.8) is 0 Å². The van der Waals surface area contributed by atoms with E-state index in [-0.39, 0.29) is 18.5 Å². The van der Waals surface area contributed by atoms with Crippen molar-refractivity contribution in [1.29, 1.82) is 0 Å². The molecule has 0 aliphatic heterocycles. The van der Waals surface area contributed by atoms with Crippen LogP contribution in [-0.4, -0.2) is 21.0 Å². The van der Waals surface area contributed by atoms with Gasteiger partial charge in [-0.05, 0) is 24.5 Å². The van der Waals surface area contributed by atoms with Crippen LogP contribution in [0.25, 0.3) is 0 Å². The summed E-state index contributed by atoms with van der Waals surface area (Å²) in [5.41, 5.74) is 6.55. The van der Waals surface area contributed by atoms with Gasteiger partial charge in [0, 0.05) is 12.6 Å². The Labute approximate surface area is 103 Å². The molecule has 4 nitrogen and oxygen atoms in total. The van der Waals surface area contributed by atoms with Crippen molar-refractivity contribution in [1.82, 2.24) is 4.72 Å². The fourth-order valence-electron chi connectivity index (χ4n) is 1.38. The van der Waals surface area contributed by atoms with Crippen molar-refractivity contribution in [2.75, 3.05) is 6.54 Å². The van der Waals surface area contributed by atoms with Gasteiger partial charge in [-0.1, -0.05) is 32.0 Å². The minimum Gasteiger partial charge on any atom is -0.326 e. The Kier molecular flexibility index (Phi) is 4.68. The molecule has 1 atom stereocenters. The summed E-state index contributed by atoms with van der Waals surface area (Å²) in [6, 6.07) is 6.72. The fraction of sp³-hybridized carbons (Fsp3) is 0.500. The van der Waals surface area contributed by atoms with Crippen LogP contribution in [0.5, 0.6) is 0 Å². The first-order chi connectivity index (χ1) is 7.84. The number of benzene rings is 1. The zero-order chi connectivity index (χ0) is 13.1. The van der Waals surface area contributed by atoms with E-state index >= 15 is 0 Å². The Morgan fingerprint density at radius 3 is 2.41 bits per heavy atom. The Hall–Kier alpha value is -0.910. The van der Waals surface area contributed by atoms with E-state index in [2.05, 4.69) is 4.72 Å². The first-order valence-corrected chi connectivity index (χ1v) is 7.14. The van der Waals surface area contributed by atoms with Gasteiger partial charge in [0.1, 0.15) is 0 Å². The number of aryl methyl sites for hydroxylation is 1. The third-order valence-electron chi connectivity index (χ3n) is 2.75. The maximum absolute atomic E-state index is 12.0. The molecule has 0 radical (unpaired) electrons. The SMILES string of the molecule is Cc1ccccc1S(=O)(=O)NCC(N)C(C)C. The van der Waals surface area contributed by atoms with Gasteiger partial charge in [-0.2, -0.15) is 0 Å². The predicted molar refractivity (Wildman–Crippen MR) is 69.2 cm³/mol. The normalized spacial score (nSPS) is 13.9.